The Hall–Kier alpha value is -1.83. The van der Waals surface area contributed by atoms with Crippen LogP contribution in [-0.2, 0) is 4.79 Å². The number of carbonyl (C=O) groups is 1. The average molecular weight is 237 g/mol. The fourth-order valence-electron chi connectivity index (χ4n) is 3.53. The molecule has 1 aromatic carbocycles. The van der Waals surface area contributed by atoms with E-state index in [1.165, 1.54) is 12.8 Å². The maximum Gasteiger partial charge on any atom is 0.256 e. The van der Waals surface area contributed by atoms with Gasteiger partial charge >= 0.3 is 0 Å². The lowest BCUT2D eigenvalue weighted by molar-refractivity contribution is -0.110. The molecular formula is C16H15NO. The fourth-order valence-corrected chi connectivity index (χ4v) is 3.53. The van der Waals surface area contributed by atoms with Crippen LogP contribution in [0.25, 0.3) is 5.57 Å². The zero-order valence-corrected chi connectivity index (χ0v) is 10.1. The molecule has 2 heteroatoms. The summed E-state index contributed by atoms with van der Waals surface area (Å²) in [5.41, 5.74) is 2.89. The molecular weight excluding hydrogens is 222 g/mol. The zero-order valence-electron chi connectivity index (χ0n) is 10.1. The Morgan fingerprint density at radius 3 is 2.83 bits per heavy atom. The second-order valence-electron chi connectivity index (χ2n) is 5.52. The van der Waals surface area contributed by atoms with E-state index in [9.17, 15) is 4.79 Å². The molecule has 4 rings (SSSR count). The predicted octanol–water partition coefficient (Wildman–Crippen LogP) is 3.23. The maximum absolute atomic E-state index is 12.0. The van der Waals surface area contributed by atoms with E-state index in [0.717, 1.165) is 22.7 Å². The number of benzene rings is 1. The van der Waals surface area contributed by atoms with Crippen LogP contribution in [0.3, 0.4) is 0 Å². The predicted molar refractivity (Wildman–Crippen MR) is 71.9 cm³/mol. The van der Waals surface area contributed by atoms with Crippen LogP contribution >= 0.6 is 0 Å². The van der Waals surface area contributed by atoms with Crippen molar-refractivity contribution in [3.63, 3.8) is 0 Å². The summed E-state index contributed by atoms with van der Waals surface area (Å²) in [6.45, 7) is 0. The first kappa shape index (κ1) is 10.1. The monoisotopic (exact) mass is 237 g/mol. The van der Waals surface area contributed by atoms with Crippen molar-refractivity contribution in [2.45, 2.75) is 12.8 Å². The van der Waals surface area contributed by atoms with Gasteiger partial charge in [0.05, 0.1) is 0 Å². The smallest absolute Gasteiger partial charge is 0.256 e. The molecule has 3 aliphatic rings. The topological polar surface area (TPSA) is 29.1 Å². The zero-order chi connectivity index (χ0) is 12.1. The molecule has 3 atom stereocenters. The molecule has 1 heterocycles. The van der Waals surface area contributed by atoms with Gasteiger partial charge < -0.3 is 5.32 Å². The van der Waals surface area contributed by atoms with Crippen LogP contribution in [0.15, 0.2) is 42.5 Å². The fraction of sp³-hybridized carbons (Fsp3) is 0.312. The van der Waals surface area contributed by atoms with Crippen molar-refractivity contribution >= 4 is 17.2 Å². The Morgan fingerprint density at radius 1 is 1.17 bits per heavy atom. The van der Waals surface area contributed by atoms with Gasteiger partial charge in [-0.1, -0.05) is 36.4 Å². The second-order valence-corrected chi connectivity index (χ2v) is 5.52. The molecule has 0 radical (unpaired) electrons. The molecule has 0 saturated heterocycles. The number of nitrogens with one attached hydrogen (secondary N) is 1. The van der Waals surface area contributed by atoms with Crippen molar-refractivity contribution < 1.29 is 4.79 Å². The highest BCUT2D eigenvalue weighted by Crippen LogP contribution is 2.45. The first-order valence-electron chi connectivity index (χ1n) is 6.62. The van der Waals surface area contributed by atoms with Gasteiger partial charge in [-0.15, -0.1) is 0 Å². The van der Waals surface area contributed by atoms with Gasteiger partial charge in [-0.2, -0.15) is 0 Å². The van der Waals surface area contributed by atoms with Gasteiger partial charge in [0.2, 0.25) is 0 Å². The van der Waals surface area contributed by atoms with Gasteiger partial charge in [0.25, 0.3) is 5.91 Å². The van der Waals surface area contributed by atoms with Crippen molar-refractivity contribution in [2.24, 2.45) is 17.8 Å². The van der Waals surface area contributed by atoms with Crippen molar-refractivity contribution in [3.8, 4) is 0 Å². The third kappa shape index (κ3) is 1.38. The highest BCUT2D eigenvalue weighted by Gasteiger charge is 2.36. The lowest BCUT2D eigenvalue weighted by atomic mass is 9.90. The first-order chi connectivity index (χ1) is 8.81. The molecule has 2 aliphatic carbocycles. The molecule has 1 N–H and O–H groups in total. The summed E-state index contributed by atoms with van der Waals surface area (Å²) in [5.74, 6) is 2.01. The molecule has 18 heavy (non-hydrogen) atoms. The van der Waals surface area contributed by atoms with E-state index in [-0.39, 0.29) is 5.91 Å². The van der Waals surface area contributed by atoms with E-state index in [4.69, 9.17) is 0 Å². The van der Waals surface area contributed by atoms with Gasteiger partial charge in [-0.3, -0.25) is 4.79 Å². The van der Waals surface area contributed by atoms with E-state index >= 15 is 0 Å². The minimum atomic E-state index is 0.0583. The van der Waals surface area contributed by atoms with Crippen molar-refractivity contribution in [3.05, 3.63) is 48.1 Å². The largest absolute Gasteiger partial charge is 0.321 e. The number of hydrogen-bond donors (Lipinski definition) is 1. The summed E-state index contributed by atoms with van der Waals surface area (Å²) >= 11 is 0. The minimum Gasteiger partial charge on any atom is -0.321 e. The van der Waals surface area contributed by atoms with Gasteiger partial charge in [0.1, 0.15) is 0 Å². The van der Waals surface area contributed by atoms with Crippen LogP contribution in [0.1, 0.15) is 18.4 Å². The second kappa shape index (κ2) is 3.58. The highest BCUT2D eigenvalue weighted by molar-refractivity contribution is 6.31. The Balaban J connectivity index is 1.73. The van der Waals surface area contributed by atoms with Gasteiger partial charge in [-0.05, 0) is 36.7 Å². The van der Waals surface area contributed by atoms with Crippen LogP contribution in [0, 0.1) is 17.8 Å². The van der Waals surface area contributed by atoms with Crippen molar-refractivity contribution in [1.82, 2.24) is 0 Å². The molecule has 0 spiro atoms. The number of hydrogen-bond acceptors (Lipinski definition) is 1. The number of fused-ring (bicyclic) bond motifs is 3. The molecule has 1 aromatic rings. The highest BCUT2D eigenvalue weighted by atomic mass is 16.2. The Bertz CT molecular complexity index is 585. The molecule has 1 amide bonds. The standard InChI is InChI=1S/C16H15NO/c18-16-14(13-3-1-2-4-15(13)17-16)9-12-8-10-5-6-11(12)7-10/h1-6,9-12H,7-8H2,(H,17,18)/b14-9+/t10-,11-,12-/m0/s1. The Labute approximate surface area is 106 Å². The van der Waals surface area contributed by atoms with Gasteiger partial charge in [-0.25, -0.2) is 0 Å². The number of allylic oxidation sites excluding steroid dienone is 3. The number of para-hydroxylation sites is 1. The van der Waals surface area contributed by atoms with Gasteiger partial charge in [0, 0.05) is 16.8 Å². The summed E-state index contributed by atoms with van der Waals surface area (Å²) in [6.07, 6.45) is 9.35. The number of carbonyl (C=O) groups excluding carboxylic acids is 1. The van der Waals surface area contributed by atoms with Gasteiger partial charge in [0.15, 0.2) is 0 Å². The molecule has 1 fully saturated rings. The van der Waals surface area contributed by atoms with Crippen LogP contribution in [0.5, 0.6) is 0 Å². The molecule has 2 bridgehead atoms. The molecule has 0 aromatic heterocycles. The average Bonchev–Trinajstić information content (AvgIpc) is 3.05. The van der Waals surface area contributed by atoms with Crippen LogP contribution in [-0.4, -0.2) is 5.91 Å². The van der Waals surface area contributed by atoms with Crippen LogP contribution in [0.2, 0.25) is 0 Å². The molecule has 1 saturated carbocycles. The quantitative estimate of drug-likeness (QED) is 0.589. The van der Waals surface area contributed by atoms with E-state index in [1.807, 2.05) is 24.3 Å². The number of anilines is 1. The van der Waals surface area contributed by atoms with E-state index < -0.39 is 0 Å². The van der Waals surface area contributed by atoms with E-state index in [0.29, 0.717) is 11.8 Å². The molecule has 1 aliphatic heterocycles. The van der Waals surface area contributed by atoms with Crippen molar-refractivity contribution in [1.29, 1.82) is 0 Å². The number of rotatable bonds is 1. The first-order valence-corrected chi connectivity index (χ1v) is 6.62. The third-order valence-corrected chi connectivity index (χ3v) is 4.42. The van der Waals surface area contributed by atoms with Crippen LogP contribution in [0.4, 0.5) is 5.69 Å². The normalized spacial score (nSPS) is 34.1. The molecule has 90 valence electrons. The van der Waals surface area contributed by atoms with E-state index in [1.54, 1.807) is 0 Å². The van der Waals surface area contributed by atoms with E-state index in [2.05, 4.69) is 23.5 Å². The Morgan fingerprint density at radius 2 is 2.06 bits per heavy atom. The summed E-state index contributed by atoms with van der Waals surface area (Å²) < 4.78 is 0. The summed E-state index contributed by atoms with van der Waals surface area (Å²) in [4.78, 5) is 12.0. The summed E-state index contributed by atoms with van der Waals surface area (Å²) in [7, 11) is 0. The lowest BCUT2D eigenvalue weighted by Crippen LogP contribution is -2.08. The molecule has 0 unspecified atom stereocenters. The van der Waals surface area contributed by atoms with Crippen molar-refractivity contribution in [2.75, 3.05) is 5.32 Å². The number of amides is 1. The maximum atomic E-state index is 12.0. The molecule has 2 nitrogen and oxygen atoms in total. The summed E-state index contributed by atoms with van der Waals surface area (Å²) in [6, 6.07) is 7.95. The lowest BCUT2D eigenvalue weighted by Gasteiger charge is -2.14. The third-order valence-electron chi connectivity index (χ3n) is 4.42. The SMILES string of the molecule is O=C1Nc2ccccc2/C1=C\[C@@H]1C[C@H]2C=C[C@H]1C2. The Kier molecular flexibility index (Phi) is 2.01. The van der Waals surface area contributed by atoms with Crippen LogP contribution < -0.4 is 5.32 Å². The summed E-state index contributed by atoms with van der Waals surface area (Å²) in [5, 5.41) is 2.94. The minimum absolute atomic E-state index is 0.0583.